The molecule has 0 saturated carbocycles. The van der Waals surface area contributed by atoms with E-state index in [9.17, 15) is 0 Å². The number of rotatable bonds is 2. The fraction of sp³-hybridized carbons (Fsp3) is 0.818. The zero-order valence-corrected chi connectivity index (χ0v) is 11.1. The van der Waals surface area contributed by atoms with E-state index in [1.165, 1.54) is 0 Å². The Balaban J connectivity index is 3.21. The molecule has 1 atom stereocenters. The Morgan fingerprint density at radius 2 is 1.67 bits per heavy atom. The molecule has 0 aliphatic heterocycles. The number of aromatic nitrogens is 3. The predicted molar refractivity (Wildman–Crippen MR) is 63.3 cm³/mol. The van der Waals surface area contributed by atoms with Gasteiger partial charge in [-0.05, 0) is 24.4 Å². The summed E-state index contributed by atoms with van der Waals surface area (Å²) in [4.78, 5) is 0. The van der Waals surface area contributed by atoms with Crippen LogP contribution in [0.15, 0.2) is 0 Å². The SMILES string of the molecule is CC(C)C(C)n1c(Cl)nnc1C(C)(C)C. The summed E-state index contributed by atoms with van der Waals surface area (Å²) in [6, 6.07) is 0.321. The molecule has 86 valence electrons. The topological polar surface area (TPSA) is 30.7 Å². The summed E-state index contributed by atoms with van der Waals surface area (Å²) in [7, 11) is 0. The minimum Gasteiger partial charge on any atom is -0.298 e. The van der Waals surface area contributed by atoms with Gasteiger partial charge in [0.05, 0.1) is 0 Å². The maximum atomic E-state index is 6.08. The van der Waals surface area contributed by atoms with Crippen molar-refractivity contribution in [1.82, 2.24) is 14.8 Å². The van der Waals surface area contributed by atoms with Crippen LogP contribution in [-0.2, 0) is 5.41 Å². The zero-order valence-electron chi connectivity index (χ0n) is 10.4. The van der Waals surface area contributed by atoms with Gasteiger partial charge < -0.3 is 0 Å². The van der Waals surface area contributed by atoms with Gasteiger partial charge in [-0.3, -0.25) is 4.57 Å². The van der Waals surface area contributed by atoms with E-state index in [1.807, 2.05) is 4.57 Å². The lowest BCUT2D eigenvalue weighted by atomic mass is 9.94. The third-order valence-electron chi connectivity index (χ3n) is 2.70. The van der Waals surface area contributed by atoms with Gasteiger partial charge in [-0.25, -0.2) is 0 Å². The second kappa shape index (κ2) is 4.12. The molecule has 0 aliphatic carbocycles. The van der Waals surface area contributed by atoms with Crippen molar-refractivity contribution < 1.29 is 0 Å². The van der Waals surface area contributed by atoms with Gasteiger partial charge in [0.2, 0.25) is 5.28 Å². The maximum Gasteiger partial charge on any atom is 0.225 e. The van der Waals surface area contributed by atoms with Crippen LogP contribution in [0, 0.1) is 5.92 Å². The quantitative estimate of drug-likeness (QED) is 0.778. The van der Waals surface area contributed by atoms with E-state index in [-0.39, 0.29) is 5.41 Å². The normalized spacial score (nSPS) is 14.7. The average molecular weight is 230 g/mol. The molecule has 0 amide bonds. The largest absolute Gasteiger partial charge is 0.298 e. The highest BCUT2D eigenvalue weighted by molar-refractivity contribution is 6.28. The molecule has 0 bridgehead atoms. The Kier molecular flexibility index (Phi) is 3.44. The van der Waals surface area contributed by atoms with Crippen LogP contribution in [0.5, 0.6) is 0 Å². The molecule has 1 unspecified atom stereocenters. The van der Waals surface area contributed by atoms with Crippen LogP contribution in [0.4, 0.5) is 0 Å². The molecule has 0 radical (unpaired) electrons. The van der Waals surface area contributed by atoms with Crippen molar-refractivity contribution in [3.05, 3.63) is 11.1 Å². The van der Waals surface area contributed by atoms with E-state index in [1.54, 1.807) is 0 Å². The molecule has 3 nitrogen and oxygen atoms in total. The molecule has 0 spiro atoms. The van der Waals surface area contributed by atoms with Gasteiger partial charge in [-0.2, -0.15) is 0 Å². The van der Waals surface area contributed by atoms with E-state index in [0.717, 1.165) is 5.82 Å². The Bertz CT molecular complexity index is 336. The lowest BCUT2D eigenvalue weighted by molar-refractivity contribution is 0.372. The smallest absolute Gasteiger partial charge is 0.225 e. The molecule has 4 heteroatoms. The van der Waals surface area contributed by atoms with Crippen molar-refractivity contribution in [2.75, 3.05) is 0 Å². The Hall–Kier alpha value is -0.570. The molecule has 0 N–H and O–H groups in total. The second-order valence-corrected chi connectivity index (χ2v) is 5.74. The van der Waals surface area contributed by atoms with Crippen molar-refractivity contribution in [2.24, 2.45) is 5.92 Å². The van der Waals surface area contributed by atoms with Crippen molar-refractivity contribution in [3.8, 4) is 0 Å². The monoisotopic (exact) mass is 229 g/mol. The van der Waals surface area contributed by atoms with Crippen LogP contribution in [0.3, 0.4) is 0 Å². The van der Waals surface area contributed by atoms with Crippen molar-refractivity contribution in [3.63, 3.8) is 0 Å². The minimum absolute atomic E-state index is 0.0245. The van der Waals surface area contributed by atoms with Crippen LogP contribution < -0.4 is 0 Å². The summed E-state index contributed by atoms with van der Waals surface area (Å²) in [6.07, 6.45) is 0. The fourth-order valence-corrected chi connectivity index (χ4v) is 1.71. The molecule has 15 heavy (non-hydrogen) atoms. The summed E-state index contributed by atoms with van der Waals surface area (Å²) in [5.74, 6) is 1.47. The van der Waals surface area contributed by atoms with Gasteiger partial charge in [-0.15, -0.1) is 10.2 Å². The number of hydrogen-bond donors (Lipinski definition) is 0. The van der Waals surface area contributed by atoms with E-state index in [0.29, 0.717) is 17.2 Å². The molecule has 0 aromatic carbocycles. The molecule has 0 saturated heterocycles. The Morgan fingerprint density at radius 3 is 2.07 bits per heavy atom. The summed E-state index contributed by atoms with van der Waals surface area (Å²) >= 11 is 6.08. The number of nitrogens with zero attached hydrogens (tertiary/aromatic N) is 3. The van der Waals surface area contributed by atoms with Crippen molar-refractivity contribution in [1.29, 1.82) is 0 Å². The van der Waals surface area contributed by atoms with Crippen molar-refractivity contribution >= 4 is 11.6 Å². The van der Waals surface area contributed by atoms with E-state index in [4.69, 9.17) is 11.6 Å². The van der Waals surface area contributed by atoms with Crippen LogP contribution in [0.25, 0.3) is 0 Å². The summed E-state index contributed by atoms with van der Waals surface area (Å²) < 4.78 is 2.03. The highest BCUT2D eigenvalue weighted by atomic mass is 35.5. The Morgan fingerprint density at radius 1 is 1.13 bits per heavy atom. The van der Waals surface area contributed by atoms with Crippen LogP contribution in [0.1, 0.15) is 53.4 Å². The first-order chi connectivity index (χ1) is 6.75. The van der Waals surface area contributed by atoms with Gasteiger partial charge in [0.1, 0.15) is 5.82 Å². The predicted octanol–water partition coefficient (Wildman–Crippen LogP) is 3.45. The van der Waals surface area contributed by atoms with Gasteiger partial charge in [0.25, 0.3) is 0 Å². The van der Waals surface area contributed by atoms with Crippen LogP contribution in [0.2, 0.25) is 5.28 Å². The summed E-state index contributed by atoms with van der Waals surface area (Å²) in [5.41, 5.74) is -0.0245. The molecule has 1 aromatic rings. The fourth-order valence-electron chi connectivity index (χ4n) is 1.44. The third-order valence-corrected chi connectivity index (χ3v) is 2.95. The number of hydrogen-bond acceptors (Lipinski definition) is 2. The van der Waals surface area contributed by atoms with Gasteiger partial charge >= 0.3 is 0 Å². The molecular formula is C11H20ClN3. The first kappa shape index (κ1) is 12.5. The number of halogens is 1. The Labute approximate surface area is 96.8 Å². The first-order valence-corrected chi connectivity index (χ1v) is 5.73. The molecule has 1 heterocycles. The molecule has 0 fully saturated rings. The summed E-state index contributed by atoms with van der Waals surface area (Å²) in [6.45, 7) is 12.9. The third kappa shape index (κ3) is 2.51. The van der Waals surface area contributed by atoms with Crippen LogP contribution in [-0.4, -0.2) is 14.8 Å². The molecule has 0 aliphatic rings. The van der Waals surface area contributed by atoms with Gasteiger partial charge in [0.15, 0.2) is 0 Å². The lowest BCUT2D eigenvalue weighted by Crippen LogP contribution is -2.23. The lowest BCUT2D eigenvalue weighted by Gasteiger charge is -2.25. The molecule has 1 aromatic heterocycles. The maximum absolute atomic E-state index is 6.08. The average Bonchev–Trinajstić information content (AvgIpc) is 2.44. The van der Waals surface area contributed by atoms with Gasteiger partial charge in [0, 0.05) is 11.5 Å². The van der Waals surface area contributed by atoms with Gasteiger partial charge in [-0.1, -0.05) is 34.6 Å². The van der Waals surface area contributed by atoms with E-state index < -0.39 is 0 Å². The van der Waals surface area contributed by atoms with E-state index in [2.05, 4.69) is 51.7 Å². The van der Waals surface area contributed by atoms with E-state index >= 15 is 0 Å². The van der Waals surface area contributed by atoms with Crippen LogP contribution >= 0.6 is 11.6 Å². The standard InChI is InChI=1S/C11H20ClN3/c1-7(2)8(3)15-9(11(4,5)6)13-14-10(15)12/h7-8H,1-6H3. The molecule has 1 rings (SSSR count). The van der Waals surface area contributed by atoms with Crippen molar-refractivity contribution in [2.45, 2.75) is 53.0 Å². The zero-order chi connectivity index (χ0) is 11.8. The second-order valence-electron chi connectivity index (χ2n) is 5.40. The highest BCUT2D eigenvalue weighted by Gasteiger charge is 2.26. The first-order valence-electron chi connectivity index (χ1n) is 5.36. The minimum atomic E-state index is -0.0245. The highest BCUT2D eigenvalue weighted by Crippen LogP contribution is 2.29. The molecular weight excluding hydrogens is 210 g/mol. The summed E-state index contributed by atoms with van der Waals surface area (Å²) in [5, 5.41) is 8.62.